The standard InChI is InChI=1S/C15H24N2/c1-12-8-4-5-9-14(12)15(13(2)16)17-10-6-3-7-11-17/h4-5,8-9,13,15H,3,6-7,10-11,16H2,1-2H3. The van der Waals surface area contributed by atoms with Crippen LogP contribution >= 0.6 is 0 Å². The average Bonchev–Trinajstić information content (AvgIpc) is 2.33. The Labute approximate surface area is 105 Å². The molecule has 1 aromatic rings. The highest BCUT2D eigenvalue weighted by Crippen LogP contribution is 2.28. The molecule has 2 rings (SSSR count). The zero-order chi connectivity index (χ0) is 12.3. The molecule has 1 fully saturated rings. The van der Waals surface area contributed by atoms with Gasteiger partial charge in [0.15, 0.2) is 0 Å². The Balaban J connectivity index is 2.25. The third-order valence-electron chi connectivity index (χ3n) is 3.79. The van der Waals surface area contributed by atoms with Crippen LogP contribution in [0, 0.1) is 6.92 Å². The first kappa shape index (κ1) is 12.6. The van der Waals surface area contributed by atoms with Crippen LogP contribution in [0.15, 0.2) is 24.3 Å². The van der Waals surface area contributed by atoms with E-state index in [1.807, 2.05) is 0 Å². The van der Waals surface area contributed by atoms with Crippen molar-refractivity contribution in [2.75, 3.05) is 13.1 Å². The highest BCUT2D eigenvalue weighted by Gasteiger charge is 2.26. The van der Waals surface area contributed by atoms with Crippen LogP contribution in [0.1, 0.15) is 43.4 Å². The van der Waals surface area contributed by atoms with Crippen LogP contribution in [0.4, 0.5) is 0 Å². The molecule has 2 unspecified atom stereocenters. The van der Waals surface area contributed by atoms with Gasteiger partial charge < -0.3 is 5.73 Å². The molecule has 1 saturated heterocycles. The third-order valence-corrected chi connectivity index (χ3v) is 3.79. The maximum atomic E-state index is 6.23. The maximum absolute atomic E-state index is 6.23. The highest BCUT2D eigenvalue weighted by molar-refractivity contribution is 5.29. The van der Waals surface area contributed by atoms with Gasteiger partial charge in [0.2, 0.25) is 0 Å². The van der Waals surface area contributed by atoms with Crippen LogP contribution in [0.3, 0.4) is 0 Å². The van der Waals surface area contributed by atoms with Gasteiger partial charge in [0, 0.05) is 12.1 Å². The summed E-state index contributed by atoms with van der Waals surface area (Å²) in [6.07, 6.45) is 4.00. The second-order valence-electron chi connectivity index (χ2n) is 5.26. The summed E-state index contributed by atoms with van der Waals surface area (Å²) >= 11 is 0. The molecule has 1 aromatic carbocycles. The molecule has 1 aliphatic heterocycles. The van der Waals surface area contributed by atoms with E-state index < -0.39 is 0 Å². The molecule has 94 valence electrons. The summed E-state index contributed by atoms with van der Waals surface area (Å²) in [6, 6.07) is 9.23. The van der Waals surface area contributed by atoms with Crippen LogP contribution in [0.5, 0.6) is 0 Å². The number of rotatable bonds is 3. The van der Waals surface area contributed by atoms with Crippen molar-refractivity contribution in [1.82, 2.24) is 4.90 Å². The first-order valence-electron chi connectivity index (χ1n) is 6.75. The molecule has 2 nitrogen and oxygen atoms in total. The van der Waals surface area contributed by atoms with Gasteiger partial charge >= 0.3 is 0 Å². The fraction of sp³-hybridized carbons (Fsp3) is 0.600. The van der Waals surface area contributed by atoms with Crippen molar-refractivity contribution in [2.24, 2.45) is 5.73 Å². The van der Waals surface area contributed by atoms with E-state index in [1.54, 1.807) is 0 Å². The molecule has 1 heterocycles. The number of nitrogens with zero attached hydrogens (tertiary/aromatic N) is 1. The Kier molecular flexibility index (Phi) is 4.19. The molecule has 2 N–H and O–H groups in total. The van der Waals surface area contributed by atoms with E-state index in [2.05, 4.69) is 43.0 Å². The minimum absolute atomic E-state index is 0.189. The summed E-state index contributed by atoms with van der Waals surface area (Å²) in [5.41, 5.74) is 9.00. The van der Waals surface area contributed by atoms with Crippen molar-refractivity contribution >= 4 is 0 Å². The number of hydrogen-bond acceptors (Lipinski definition) is 2. The molecular formula is C15H24N2. The van der Waals surface area contributed by atoms with E-state index in [-0.39, 0.29) is 6.04 Å². The van der Waals surface area contributed by atoms with Gasteiger partial charge in [0.25, 0.3) is 0 Å². The predicted octanol–water partition coefficient (Wildman–Crippen LogP) is 2.87. The van der Waals surface area contributed by atoms with Gasteiger partial charge in [-0.2, -0.15) is 0 Å². The van der Waals surface area contributed by atoms with Crippen LogP contribution in [0.2, 0.25) is 0 Å². The lowest BCUT2D eigenvalue weighted by Crippen LogP contribution is -2.42. The average molecular weight is 232 g/mol. The van der Waals surface area contributed by atoms with E-state index in [0.29, 0.717) is 6.04 Å². The van der Waals surface area contributed by atoms with Gasteiger partial charge in [-0.05, 0) is 50.9 Å². The summed E-state index contributed by atoms with van der Waals surface area (Å²) in [5.74, 6) is 0. The third kappa shape index (κ3) is 2.88. The largest absolute Gasteiger partial charge is 0.326 e. The number of likely N-dealkylation sites (tertiary alicyclic amines) is 1. The minimum Gasteiger partial charge on any atom is -0.326 e. The fourth-order valence-electron chi connectivity index (χ4n) is 2.93. The molecule has 2 heteroatoms. The molecule has 17 heavy (non-hydrogen) atoms. The van der Waals surface area contributed by atoms with Crippen molar-refractivity contribution in [1.29, 1.82) is 0 Å². The van der Waals surface area contributed by atoms with Crippen LogP contribution in [-0.2, 0) is 0 Å². The van der Waals surface area contributed by atoms with E-state index in [4.69, 9.17) is 5.73 Å². The normalized spacial score (nSPS) is 21.1. The van der Waals surface area contributed by atoms with Crippen molar-refractivity contribution in [3.63, 3.8) is 0 Å². The molecular weight excluding hydrogens is 208 g/mol. The summed E-state index contributed by atoms with van der Waals surface area (Å²) in [7, 11) is 0. The zero-order valence-corrected chi connectivity index (χ0v) is 11.0. The van der Waals surface area contributed by atoms with E-state index >= 15 is 0 Å². The molecule has 0 spiro atoms. The van der Waals surface area contributed by atoms with Crippen LogP contribution in [-0.4, -0.2) is 24.0 Å². The van der Waals surface area contributed by atoms with Crippen molar-refractivity contribution in [3.8, 4) is 0 Å². The SMILES string of the molecule is Cc1ccccc1C(C(C)N)N1CCCCC1. The first-order chi connectivity index (χ1) is 8.20. The van der Waals surface area contributed by atoms with Crippen molar-refractivity contribution in [2.45, 2.75) is 45.2 Å². The Morgan fingerprint density at radius 3 is 2.35 bits per heavy atom. The Hall–Kier alpha value is -0.860. The summed E-state index contributed by atoms with van der Waals surface area (Å²) in [4.78, 5) is 2.57. The van der Waals surface area contributed by atoms with Crippen molar-refractivity contribution in [3.05, 3.63) is 35.4 Å². The van der Waals surface area contributed by atoms with Crippen LogP contribution < -0.4 is 5.73 Å². The molecule has 0 radical (unpaired) electrons. The molecule has 0 saturated carbocycles. The van der Waals surface area contributed by atoms with E-state index in [1.165, 1.54) is 43.5 Å². The van der Waals surface area contributed by atoms with Crippen molar-refractivity contribution < 1.29 is 0 Å². The lowest BCUT2D eigenvalue weighted by Gasteiger charge is -2.37. The number of hydrogen-bond donors (Lipinski definition) is 1. The van der Waals surface area contributed by atoms with E-state index in [0.717, 1.165) is 0 Å². The van der Waals surface area contributed by atoms with Crippen LogP contribution in [0.25, 0.3) is 0 Å². The molecule has 0 bridgehead atoms. The number of aryl methyl sites for hydroxylation is 1. The quantitative estimate of drug-likeness (QED) is 0.868. The lowest BCUT2D eigenvalue weighted by atomic mass is 9.93. The molecule has 0 amide bonds. The number of piperidine rings is 1. The molecule has 2 atom stereocenters. The van der Waals surface area contributed by atoms with Gasteiger partial charge in [-0.25, -0.2) is 0 Å². The second kappa shape index (κ2) is 5.65. The minimum atomic E-state index is 0.189. The molecule has 1 aliphatic rings. The van der Waals surface area contributed by atoms with E-state index in [9.17, 15) is 0 Å². The fourth-order valence-corrected chi connectivity index (χ4v) is 2.93. The van der Waals surface area contributed by atoms with Gasteiger partial charge in [0.05, 0.1) is 0 Å². The topological polar surface area (TPSA) is 29.3 Å². The maximum Gasteiger partial charge on any atom is 0.0499 e. The molecule has 0 aliphatic carbocycles. The van der Waals surface area contributed by atoms with Gasteiger partial charge in [-0.15, -0.1) is 0 Å². The Morgan fingerprint density at radius 1 is 1.12 bits per heavy atom. The van der Waals surface area contributed by atoms with Gasteiger partial charge in [0.1, 0.15) is 0 Å². The van der Waals surface area contributed by atoms with Gasteiger partial charge in [-0.1, -0.05) is 30.7 Å². The second-order valence-corrected chi connectivity index (χ2v) is 5.26. The Morgan fingerprint density at radius 2 is 1.76 bits per heavy atom. The number of benzene rings is 1. The smallest absolute Gasteiger partial charge is 0.0499 e. The summed E-state index contributed by atoms with van der Waals surface area (Å²) < 4.78 is 0. The Bertz CT molecular complexity index is 354. The zero-order valence-electron chi connectivity index (χ0n) is 11.0. The monoisotopic (exact) mass is 232 g/mol. The predicted molar refractivity (Wildman–Crippen MR) is 73.0 cm³/mol. The highest BCUT2D eigenvalue weighted by atomic mass is 15.2. The number of nitrogens with two attached hydrogens (primary N) is 1. The lowest BCUT2D eigenvalue weighted by molar-refractivity contribution is 0.146. The summed E-state index contributed by atoms with van der Waals surface area (Å²) in [6.45, 7) is 6.71. The molecule has 0 aromatic heterocycles. The first-order valence-corrected chi connectivity index (χ1v) is 6.75. The summed E-state index contributed by atoms with van der Waals surface area (Å²) in [5, 5.41) is 0. The van der Waals surface area contributed by atoms with Gasteiger partial charge in [-0.3, -0.25) is 4.90 Å².